The Morgan fingerprint density at radius 3 is 3.04 bits per heavy atom. The maximum atomic E-state index is 12.6. The van der Waals surface area contributed by atoms with E-state index in [0.29, 0.717) is 18.7 Å². The molecule has 6 nitrogen and oxygen atoms in total. The molecule has 0 bridgehead atoms. The molecule has 7 heteroatoms. The number of likely N-dealkylation sites (tertiary alicyclic amines) is 1. The van der Waals surface area contributed by atoms with Gasteiger partial charge in [0.2, 0.25) is 0 Å². The molecule has 1 fully saturated rings. The Kier molecular flexibility index (Phi) is 3.60. The van der Waals surface area contributed by atoms with Crippen LogP contribution < -0.4 is 0 Å². The van der Waals surface area contributed by atoms with Crippen LogP contribution in [0.2, 0.25) is 0 Å². The Balaban J connectivity index is 1.53. The fourth-order valence-corrected chi connectivity index (χ4v) is 4.27. The molecule has 0 spiro atoms. The number of furan rings is 1. The van der Waals surface area contributed by atoms with E-state index in [2.05, 4.69) is 21.0 Å². The first-order valence-electron chi connectivity index (χ1n) is 8.49. The maximum Gasteiger partial charge on any atom is 0.257 e. The summed E-state index contributed by atoms with van der Waals surface area (Å²) in [6, 6.07) is 9.86. The van der Waals surface area contributed by atoms with Crippen molar-refractivity contribution in [3.05, 3.63) is 60.0 Å². The quantitative estimate of drug-likeness (QED) is 0.554. The third-order valence-corrected chi connectivity index (χ3v) is 5.64. The molecule has 0 aromatic carbocycles. The zero-order valence-corrected chi connectivity index (χ0v) is 14.7. The van der Waals surface area contributed by atoms with Crippen molar-refractivity contribution in [2.45, 2.75) is 12.5 Å². The number of hydrogen-bond acceptors (Lipinski definition) is 5. The topological polar surface area (TPSA) is 64.2 Å². The van der Waals surface area contributed by atoms with E-state index in [9.17, 15) is 4.79 Å². The lowest BCUT2D eigenvalue weighted by Gasteiger charge is -2.18. The van der Waals surface area contributed by atoms with E-state index >= 15 is 0 Å². The summed E-state index contributed by atoms with van der Waals surface area (Å²) in [5.74, 6) is 0.938. The molecule has 1 amide bonds. The lowest BCUT2D eigenvalue weighted by atomic mass is 10.2. The molecule has 5 heterocycles. The molecule has 0 radical (unpaired) electrons. The van der Waals surface area contributed by atoms with E-state index < -0.39 is 0 Å². The van der Waals surface area contributed by atoms with Crippen LogP contribution in [0.25, 0.3) is 21.9 Å². The Hall–Kier alpha value is -2.93. The van der Waals surface area contributed by atoms with Crippen LogP contribution in [0.4, 0.5) is 0 Å². The van der Waals surface area contributed by atoms with Crippen molar-refractivity contribution in [1.82, 2.24) is 19.4 Å². The second-order valence-electron chi connectivity index (χ2n) is 6.33. The minimum atomic E-state index is 0.0105. The largest absolute Gasteiger partial charge is 0.472 e. The Morgan fingerprint density at radius 2 is 2.23 bits per heavy atom. The Labute approximate surface area is 153 Å². The van der Waals surface area contributed by atoms with Crippen molar-refractivity contribution < 1.29 is 9.21 Å². The number of aromatic nitrogens is 3. The lowest BCUT2D eigenvalue weighted by molar-refractivity contribution is 0.0787. The molecule has 4 aromatic rings. The van der Waals surface area contributed by atoms with Crippen LogP contribution in [0.3, 0.4) is 0 Å². The van der Waals surface area contributed by atoms with Crippen LogP contribution in [0, 0.1) is 0 Å². The van der Waals surface area contributed by atoms with Crippen molar-refractivity contribution >= 4 is 28.4 Å². The molecule has 0 unspecified atom stereocenters. The summed E-state index contributed by atoms with van der Waals surface area (Å²) >= 11 is 1.67. The second-order valence-corrected chi connectivity index (χ2v) is 7.28. The van der Waals surface area contributed by atoms with E-state index in [1.807, 2.05) is 23.1 Å². The van der Waals surface area contributed by atoms with Gasteiger partial charge in [-0.15, -0.1) is 11.3 Å². The van der Waals surface area contributed by atoms with Crippen LogP contribution in [0.1, 0.15) is 22.8 Å². The molecule has 0 aliphatic carbocycles. The number of amides is 1. The van der Waals surface area contributed by atoms with Gasteiger partial charge in [0.25, 0.3) is 5.91 Å². The number of carbonyl (C=O) groups excluding carboxylic acids is 1. The summed E-state index contributed by atoms with van der Waals surface area (Å²) in [6.45, 7) is 1.36. The predicted molar refractivity (Wildman–Crippen MR) is 99.1 cm³/mol. The number of nitrogens with zero attached hydrogens (tertiary/aromatic N) is 4. The van der Waals surface area contributed by atoms with E-state index in [-0.39, 0.29) is 11.9 Å². The van der Waals surface area contributed by atoms with Crippen LogP contribution in [0.15, 0.2) is 58.9 Å². The summed E-state index contributed by atoms with van der Waals surface area (Å²) in [5, 5.41) is 2.05. The van der Waals surface area contributed by atoms with Gasteiger partial charge < -0.3 is 13.9 Å². The van der Waals surface area contributed by atoms with Crippen molar-refractivity contribution in [2.24, 2.45) is 0 Å². The zero-order chi connectivity index (χ0) is 17.5. The molecular formula is C19H16N4O2S. The summed E-state index contributed by atoms with van der Waals surface area (Å²) < 4.78 is 7.25. The summed E-state index contributed by atoms with van der Waals surface area (Å²) in [7, 11) is 0. The first-order valence-corrected chi connectivity index (χ1v) is 9.37. The van der Waals surface area contributed by atoms with Gasteiger partial charge in [-0.2, -0.15) is 0 Å². The number of imidazole rings is 1. The van der Waals surface area contributed by atoms with Crippen LogP contribution in [-0.4, -0.2) is 38.4 Å². The average Bonchev–Trinajstić information content (AvgIpc) is 3.47. The molecule has 1 saturated heterocycles. The zero-order valence-electron chi connectivity index (χ0n) is 13.9. The Bertz CT molecular complexity index is 1050. The number of carbonyl (C=O) groups is 1. The molecular weight excluding hydrogens is 348 g/mol. The SMILES string of the molecule is O=C(c1ccoc1)N1CC[C@H](n2c(-c3cccs3)nc3cccnc32)C1. The standard InChI is InChI=1S/C19H16N4O2S/c24-19(13-6-9-25-12-13)22-8-5-14(11-22)23-17-15(3-1-7-20-17)21-18(23)16-4-2-10-26-16/h1-4,6-7,9-10,12,14H,5,8,11H2/t14-/m0/s1. The van der Waals surface area contributed by atoms with Crippen molar-refractivity contribution in [3.8, 4) is 10.7 Å². The molecule has 4 aromatic heterocycles. The first kappa shape index (κ1) is 15.3. The predicted octanol–water partition coefficient (Wildman–Crippen LogP) is 3.84. The normalized spacial score (nSPS) is 17.2. The number of rotatable bonds is 3. The molecule has 5 rings (SSSR count). The molecule has 0 saturated carbocycles. The van der Waals surface area contributed by atoms with Gasteiger partial charge in [-0.25, -0.2) is 9.97 Å². The van der Waals surface area contributed by atoms with Gasteiger partial charge in [0.05, 0.1) is 22.7 Å². The van der Waals surface area contributed by atoms with Crippen molar-refractivity contribution in [2.75, 3.05) is 13.1 Å². The van der Waals surface area contributed by atoms with Crippen molar-refractivity contribution in [3.63, 3.8) is 0 Å². The number of pyridine rings is 1. The van der Waals surface area contributed by atoms with Crippen LogP contribution >= 0.6 is 11.3 Å². The highest BCUT2D eigenvalue weighted by Gasteiger charge is 2.31. The average molecular weight is 364 g/mol. The van der Waals surface area contributed by atoms with Gasteiger partial charge in [0.15, 0.2) is 11.5 Å². The van der Waals surface area contributed by atoms with Gasteiger partial charge in [-0.3, -0.25) is 4.79 Å². The number of thiophene rings is 1. The molecule has 1 aliphatic rings. The number of hydrogen-bond donors (Lipinski definition) is 0. The van der Waals surface area contributed by atoms with Crippen LogP contribution in [0.5, 0.6) is 0 Å². The summed E-state index contributed by atoms with van der Waals surface area (Å²) in [5.41, 5.74) is 2.35. The highest BCUT2D eigenvalue weighted by Crippen LogP contribution is 2.34. The fourth-order valence-electron chi connectivity index (χ4n) is 3.56. The summed E-state index contributed by atoms with van der Waals surface area (Å²) in [6.07, 6.45) is 5.70. The van der Waals surface area contributed by atoms with Gasteiger partial charge in [-0.05, 0) is 36.1 Å². The van der Waals surface area contributed by atoms with Crippen LogP contribution in [-0.2, 0) is 0 Å². The third kappa shape index (κ3) is 2.43. The van der Waals surface area contributed by atoms with E-state index in [0.717, 1.165) is 28.3 Å². The number of fused-ring (bicyclic) bond motifs is 1. The minimum Gasteiger partial charge on any atom is -0.472 e. The molecule has 1 aliphatic heterocycles. The van der Waals surface area contributed by atoms with Gasteiger partial charge in [0, 0.05) is 19.3 Å². The molecule has 130 valence electrons. The van der Waals surface area contributed by atoms with Gasteiger partial charge >= 0.3 is 0 Å². The van der Waals surface area contributed by atoms with Gasteiger partial charge in [0.1, 0.15) is 11.8 Å². The van der Waals surface area contributed by atoms with E-state index in [1.54, 1.807) is 23.6 Å². The molecule has 26 heavy (non-hydrogen) atoms. The van der Waals surface area contributed by atoms with Crippen molar-refractivity contribution in [1.29, 1.82) is 0 Å². The minimum absolute atomic E-state index is 0.0105. The Morgan fingerprint density at radius 1 is 1.27 bits per heavy atom. The maximum absolute atomic E-state index is 12.6. The third-order valence-electron chi connectivity index (χ3n) is 4.77. The first-order chi connectivity index (χ1) is 12.8. The summed E-state index contributed by atoms with van der Waals surface area (Å²) in [4.78, 5) is 25.0. The molecule has 1 atom stereocenters. The monoisotopic (exact) mass is 364 g/mol. The lowest BCUT2D eigenvalue weighted by Crippen LogP contribution is -2.28. The van der Waals surface area contributed by atoms with E-state index in [4.69, 9.17) is 9.40 Å². The highest BCUT2D eigenvalue weighted by molar-refractivity contribution is 7.13. The van der Waals surface area contributed by atoms with E-state index in [1.165, 1.54) is 12.5 Å². The second kappa shape index (κ2) is 6.10. The van der Waals surface area contributed by atoms with Gasteiger partial charge in [-0.1, -0.05) is 6.07 Å². The molecule has 0 N–H and O–H groups in total. The highest BCUT2D eigenvalue weighted by atomic mass is 32.1. The smallest absolute Gasteiger partial charge is 0.257 e. The fraction of sp³-hybridized carbons (Fsp3) is 0.211.